The van der Waals surface area contributed by atoms with Gasteiger partial charge in [-0.25, -0.2) is 4.79 Å². The Balaban J connectivity index is 2.53. The van der Waals surface area contributed by atoms with Gasteiger partial charge < -0.3 is 9.63 Å². The third-order valence-corrected chi connectivity index (χ3v) is 2.89. The molecule has 96 valence electrons. The maximum Gasteiger partial charge on any atom is 0.341 e. The topological polar surface area (TPSA) is 63.3 Å². The fraction of sp³-hybridized carbons (Fsp3) is 0.692. The van der Waals surface area contributed by atoms with Crippen LogP contribution < -0.4 is 0 Å². The lowest BCUT2D eigenvalue weighted by atomic mass is 10.1. The molecule has 0 saturated carbocycles. The molecule has 1 aromatic rings. The van der Waals surface area contributed by atoms with Crippen molar-refractivity contribution >= 4 is 5.97 Å². The third-order valence-electron chi connectivity index (χ3n) is 2.89. The maximum atomic E-state index is 11.1. The van der Waals surface area contributed by atoms with Crippen molar-refractivity contribution in [2.24, 2.45) is 0 Å². The van der Waals surface area contributed by atoms with Gasteiger partial charge in [-0.3, -0.25) is 0 Å². The van der Waals surface area contributed by atoms with E-state index in [2.05, 4.69) is 12.1 Å². The lowest BCUT2D eigenvalue weighted by Gasteiger charge is -1.99. The molecule has 0 aliphatic heterocycles. The summed E-state index contributed by atoms with van der Waals surface area (Å²) >= 11 is 0. The van der Waals surface area contributed by atoms with Gasteiger partial charge in [0.15, 0.2) is 5.76 Å². The van der Waals surface area contributed by atoms with Gasteiger partial charge in [-0.05, 0) is 12.8 Å². The van der Waals surface area contributed by atoms with Gasteiger partial charge in [0, 0.05) is 6.42 Å². The van der Waals surface area contributed by atoms with Crippen LogP contribution >= 0.6 is 0 Å². The summed E-state index contributed by atoms with van der Waals surface area (Å²) in [5, 5.41) is 13.0. The molecule has 0 aromatic carbocycles. The number of carboxylic acids is 1. The molecule has 1 rings (SSSR count). The number of carboxylic acid groups (broad SMARTS) is 1. The number of nitrogens with zero attached hydrogens (tertiary/aromatic N) is 1. The molecule has 0 spiro atoms. The Labute approximate surface area is 102 Å². The summed E-state index contributed by atoms with van der Waals surface area (Å²) < 4.78 is 5.05. The van der Waals surface area contributed by atoms with Crippen LogP contribution in [0.2, 0.25) is 0 Å². The van der Waals surface area contributed by atoms with Gasteiger partial charge in [0.25, 0.3) is 0 Å². The number of hydrogen-bond donors (Lipinski definition) is 1. The fourth-order valence-corrected chi connectivity index (χ4v) is 1.91. The Morgan fingerprint density at radius 2 is 1.94 bits per heavy atom. The second-order valence-corrected chi connectivity index (χ2v) is 4.25. The summed E-state index contributed by atoms with van der Waals surface area (Å²) in [5.41, 5.74) is 0.883. The van der Waals surface area contributed by atoms with Gasteiger partial charge in [-0.1, -0.05) is 44.7 Å². The molecule has 4 nitrogen and oxygen atoms in total. The number of unbranched alkanes of at least 4 members (excludes halogenated alkanes) is 4. The largest absolute Gasteiger partial charge is 0.477 e. The first-order valence-corrected chi connectivity index (χ1v) is 6.41. The first-order valence-electron chi connectivity index (χ1n) is 6.41. The fourth-order valence-electron chi connectivity index (χ4n) is 1.91. The number of hydrogen-bond acceptors (Lipinski definition) is 3. The Morgan fingerprint density at radius 1 is 1.24 bits per heavy atom. The van der Waals surface area contributed by atoms with Crippen molar-refractivity contribution in [1.29, 1.82) is 0 Å². The van der Waals surface area contributed by atoms with E-state index in [1.807, 2.05) is 6.92 Å². The molecule has 1 heterocycles. The van der Waals surface area contributed by atoms with E-state index in [4.69, 9.17) is 9.63 Å². The molecule has 0 amide bonds. The van der Waals surface area contributed by atoms with Gasteiger partial charge in [0.1, 0.15) is 5.56 Å². The Hall–Kier alpha value is -1.32. The van der Waals surface area contributed by atoms with Gasteiger partial charge in [-0.15, -0.1) is 0 Å². The lowest BCUT2D eigenvalue weighted by Crippen LogP contribution is -2.03. The molecule has 0 aliphatic rings. The van der Waals surface area contributed by atoms with Crippen molar-refractivity contribution in [1.82, 2.24) is 5.16 Å². The SMILES string of the molecule is CCCCCCCc1noc(CC)c1C(=O)O. The average molecular weight is 239 g/mol. The number of aryl methyl sites for hydroxylation is 2. The molecule has 0 atom stereocenters. The van der Waals surface area contributed by atoms with Crippen LogP contribution in [0.3, 0.4) is 0 Å². The van der Waals surface area contributed by atoms with Gasteiger partial charge in [-0.2, -0.15) is 0 Å². The molecule has 17 heavy (non-hydrogen) atoms. The van der Waals surface area contributed by atoms with E-state index in [-0.39, 0.29) is 5.56 Å². The molecule has 0 aliphatic carbocycles. The van der Waals surface area contributed by atoms with Crippen molar-refractivity contribution in [3.05, 3.63) is 17.0 Å². The number of rotatable bonds is 8. The van der Waals surface area contributed by atoms with E-state index in [0.29, 0.717) is 24.3 Å². The first-order chi connectivity index (χ1) is 8.20. The van der Waals surface area contributed by atoms with Crippen LogP contribution in [-0.4, -0.2) is 16.2 Å². The van der Waals surface area contributed by atoms with Crippen LogP contribution in [0.15, 0.2) is 4.52 Å². The molecule has 0 bridgehead atoms. The van der Waals surface area contributed by atoms with Crippen LogP contribution in [0, 0.1) is 0 Å². The van der Waals surface area contributed by atoms with E-state index in [1.54, 1.807) is 0 Å². The quantitative estimate of drug-likeness (QED) is 0.706. The predicted molar refractivity (Wildman–Crippen MR) is 65.3 cm³/mol. The Kier molecular flexibility index (Phi) is 5.73. The highest BCUT2D eigenvalue weighted by Crippen LogP contribution is 2.17. The minimum absolute atomic E-state index is 0.281. The molecule has 0 radical (unpaired) electrons. The minimum Gasteiger partial charge on any atom is -0.477 e. The van der Waals surface area contributed by atoms with Crippen LogP contribution in [0.5, 0.6) is 0 Å². The minimum atomic E-state index is -0.924. The molecule has 0 fully saturated rings. The lowest BCUT2D eigenvalue weighted by molar-refractivity contribution is 0.0693. The zero-order chi connectivity index (χ0) is 12.7. The van der Waals surface area contributed by atoms with E-state index >= 15 is 0 Å². The van der Waals surface area contributed by atoms with E-state index in [0.717, 1.165) is 12.8 Å². The molecule has 4 heteroatoms. The predicted octanol–water partition coefficient (Wildman–Crippen LogP) is 3.45. The molecule has 1 aromatic heterocycles. The van der Waals surface area contributed by atoms with E-state index < -0.39 is 5.97 Å². The van der Waals surface area contributed by atoms with Gasteiger partial charge >= 0.3 is 5.97 Å². The third kappa shape index (κ3) is 3.88. The van der Waals surface area contributed by atoms with Crippen molar-refractivity contribution in [3.63, 3.8) is 0 Å². The smallest absolute Gasteiger partial charge is 0.341 e. The van der Waals surface area contributed by atoms with Crippen molar-refractivity contribution < 1.29 is 14.4 Å². The van der Waals surface area contributed by atoms with Gasteiger partial charge in [0.2, 0.25) is 0 Å². The van der Waals surface area contributed by atoms with Crippen molar-refractivity contribution in [3.8, 4) is 0 Å². The zero-order valence-corrected chi connectivity index (χ0v) is 10.7. The monoisotopic (exact) mass is 239 g/mol. The summed E-state index contributed by atoms with van der Waals surface area (Å²) in [6.07, 6.45) is 7.04. The number of carbonyl (C=O) groups is 1. The summed E-state index contributed by atoms with van der Waals surface area (Å²) in [4.78, 5) is 11.1. The molecule has 1 N–H and O–H groups in total. The highest BCUT2D eigenvalue weighted by atomic mass is 16.5. The summed E-state index contributed by atoms with van der Waals surface area (Å²) in [6, 6.07) is 0. The van der Waals surface area contributed by atoms with Crippen LogP contribution in [0.25, 0.3) is 0 Å². The second kappa shape index (κ2) is 7.09. The zero-order valence-electron chi connectivity index (χ0n) is 10.7. The van der Waals surface area contributed by atoms with Crippen molar-refractivity contribution in [2.75, 3.05) is 0 Å². The highest BCUT2D eigenvalue weighted by Gasteiger charge is 2.20. The molecular weight excluding hydrogens is 218 g/mol. The molecule has 0 unspecified atom stereocenters. The van der Waals surface area contributed by atoms with E-state index in [9.17, 15) is 4.79 Å². The van der Waals surface area contributed by atoms with Crippen molar-refractivity contribution in [2.45, 2.75) is 58.8 Å². The van der Waals surface area contributed by atoms with Crippen LogP contribution in [0.1, 0.15) is 67.8 Å². The Bertz CT molecular complexity index is 358. The van der Waals surface area contributed by atoms with Crippen LogP contribution in [-0.2, 0) is 12.8 Å². The number of aromatic carboxylic acids is 1. The van der Waals surface area contributed by atoms with Gasteiger partial charge in [0.05, 0.1) is 5.69 Å². The standard InChI is InChI=1S/C13H21NO3/c1-3-5-6-7-8-9-10-12(13(15)16)11(4-2)17-14-10/h3-9H2,1-2H3,(H,15,16). The summed E-state index contributed by atoms with van der Waals surface area (Å²) in [5.74, 6) is -0.437. The Morgan fingerprint density at radius 3 is 2.53 bits per heavy atom. The average Bonchev–Trinajstić information content (AvgIpc) is 2.72. The van der Waals surface area contributed by atoms with Crippen LogP contribution in [0.4, 0.5) is 0 Å². The highest BCUT2D eigenvalue weighted by molar-refractivity contribution is 5.89. The normalized spacial score (nSPS) is 10.7. The first kappa shape index (κ1) is 13.7. The molecular formula is C13H21NO3. The second-order valence-electron chi connectivity index (χ2n) is 4.25. The maximum absolute atomic E-state index is 11.1. The summed E-state index contributed by atoms with van der Waals surface area (Å²) in [6.45, 7) is 4.05. The summed E-state index contributed by atoms with van der Waals surface area (Å²) in [7, 11) is 0. The molecule has 0 saturated heterocycles. The van der Waals surface area contributed by atoms with E-state index in [1.165, 1.54) is 19.3 Å². The number of aromatic nitrogens is 1.